The summed E-state index contributed by atoms with van der Waals surface area (Å²) >= 11 is 0. The topological polar surface area (TPSA) is 46.2 Å². The summed E-state index contributed by atoms with van der Waals surface area (Å²) in [5.74, 6) is 0.525. The molecular formula is C15H31NO2S. The Morgan fingerprint density at radius 3 is 2.32 bits per heavy atom. The predicted molar refractivity (Wildman–Crippen MR) is 82.1 cm³/mol. The molecule has 1 N–H and O–H groups in total. The van der Waals surface area contributed by atoms with E-state index in [1.165, 1.54) is 6.26 Å². The molecule has 1 aliphatic carbocycles. The largest absolute Gasteiger partial charge is 0.313 e. The molecule has 0 aromatic carbocycles. The Balaban J connectivity index is 2.83. The van der Waals surface area contributed by atoms with E-state index in [0.717, 1.165) is 38.6 Å². The molecule has 0 heterocycles. The van der Waals surface area contributed by atoms with Gasteiger partial charge in [-0.2, -0.15) is 0 Å². The van der Waals surface area contributed by atoms with Gasteiger partial charge in [-0.1, -0.05) is 34.1 Å². The lowest BCUT2D eigenvalue weighted by atomic mass is 9.68. The Labute approximate surface area is 119 Å². The summed E-state index contributed by atoms with van der Waals surface area (Å²) in [6.07, 6.45) is 6.53. The minimum absolute atomic E-state index is 0.152. The van der Waals surface area contributed by atoms with Gasteiger partial charge in [-0.25, -0.2) is 8.42 Å². The number of nitrogens with one attached hydrogen (secondary N) is 1. The van der Waals surface area contributed by atoms with Crippen molar-refractivity contribution in [3.05, 3.63) is 0 Å². The fraction of sp³-hybridized carbons (Fsp3) is 1.00. The molecule has 0 spiro atoms. The van der Waals surface area contributed by atoms with Gasteiger partial charge < -0.3 is 5.32 Å². The quantitative estimate of drug-likeness (QED) is 0.817. The third kappa shape index (κ3) is 4.45. The van der Waals surface area contributed by atoms with Crippen molar-refractivity contribution in [3.63, 3.8) is 0 Å². The van der Waals surface area contributed by atoms with Crippen LogP contribution in [0.15, 0.2) is 0 Å². The SMILES string of the molecule is CCCNC1CCC(C(C)(C)CC)CC1S(C)(=O)=O. The van der Waals surface area contributed by atoms with Gasteiger partial charge in [-0.3, -0.25) is 0 Å². The highest BCUT2D eigenvalue weighted by Crippen LogP contribution is 2.42. The van der Waals surface area contributed by atoms with Crippen LogP contribution in [0.2, 0.25) is 0 Å². The van der Waals surface area contributed by atoms with Gasteiger partial charge >= 0.3 is 0 Å². The van der Waals surface area contributed by atoms with Gasteiger partial charge in [-0.15, -0.1) is 0 Å². The maximum atomic E-state index is 12.1. The molecule has 0 bridgehead atoms. The van der Waals surface area contributed by atoms with E-state index in [0.29, 0.717) is 5.92 Å². The summed E-state index contributed by atoms with van der Waals surface area (Å²) < 4.78 is 24.2. The fourth-order valence-electron chi connectivity index (χ4n) is 3.16. The minimum atomic E-state index is -2.97. The highest BCUT2D eigenvalue weighted by atomic mass is 32.2. The molecule has 0 aromatic heterocycles. The summed E-state index contributed by atoms with van der Waals surface area (Å²) in [5, 5.41) is 3.23. The Kier molecular flexibility index (Phi) is 5.87. The zero-order chi connectivity index (χ0) is 14.7. The van der Waals surface area contributed by atoms with Crippen LogP contribution in [-0.4, -0.2) is 32.5 Å². The first-order valence-electron chi connectivity index (χ1n) is 7.64. The molecule has 19 heavy (non-hydrogen) atoms. The van der Waals surface area contributed by atoms with Gasteiger partial charge in [0.2, 0.25) is 0 Å². The molecule has 3 nitrogen and oxygen atoms in total. The molecule has 0 aromatic rings. The molecule has 0 saturated heterocycles. The molecule has 0 amide bonds. The van der Waals surface area contributed by atoms with E-state index >= 15 is 0 Å². The second-order valence-corrected chi connectivity index (χ2v) is 9.05. The van der Waals surface area contributed by atoms with Crippen molar-refractivity contribution in [1.82, 2.24) is 5.32 Å². The van der Waals surface area contributed by atoms with Crippen LogP contribution < -0.4 is 5.32 Å². The highest BCUT2D eigenvalue weighted by Gasteiger charge is 2.41. The Hall–Kier alpha value is -0.0900. The molecule has 1 saturated carbocycles. The molecule has 4 heteroatoms. The number of sulfone groups is 1. The van der Waals surface area contributed by atoms with E-state index in [1.807, 2.05) is 0 Å². The van der Waals surface area contributed by atoms with Crippen molar-refractivity contribution >= 4 is 9.84 Å². The zero-order valence-corrected chi connectivity index (χ0v) is 14.0. The first-order valence-corrected chi connectivity index (χ1v) is 9.60. The molecule has 114 valence electrons. The van der Waals surface area contributed by atoms with Crippen LogP contribution in [0.1, 0.15) is 59.8 Å². The van der Waals surface area contributed by atoms with Gasteiger partial charge in [0.1, 0.15) is 0 Å². The number of hydrogen-bond acceptors (Lipinski definition) is 3. The lowest BCUT2D eigenvalue weighted by Gasteiger charge is -2.42. The maximum absolute atomic E-state index is 12.1. The summed E-state index contributed by atoms with van der Waals surface area (Å²) in [6.45, 7) is 9.79. The summed E-state index contributed by atoms with van der Waals surface area (Å²) in [4.78, 5) is 0. The van der Waals surface area contributed by atoms with Crippen molar-refractivity contribution < 1.29 is 8.42 Å². The summed E-state index contributed by atoms with van der Waals surface area (Å²) in [7, 11) is -2.97. The van der Waals surface area contributed by atoms with Crippen LogP contribution in [0, 0.1) is 11.3 Å². The second-order valence-electron chi connectivity index (χ2n) is 6.78. The van der Waals surface area contributed by atoms with Crippen molar-refractivity contribution in [2.75, 3.05) is 12.8 Å². The van der Waals surface area contributed by atoms with Crippen LogP contribution >= 0.6 is 0 Å². The summed E-state index contributed by atoms with van der Waals surface area (Å²) in [6, 6.07) is 0.152. The molecule has 1 rings (SSSR count). The van der Waals surface area contributed by atoms with Crippen LogP contribution in [0.5, 0.6) is 0 Å². The standard InChI is InChI=1S/C15H31NO2S/c1-6-10-16-13-9-8-12(15(3,4)7-2)11-14(13)19(5,17)18/h12-14,16H,6-11H2,1-5H3. The van der Waals surface area contributed by atoms with E-state index in [4.69, 9.17) is 0 Å². The van der Waals surface area contributed by atoms with Crippen LogP contribution in [-0.2, 0) is 9.84 Å². The first-order chi connectivity index (χ1) is 8.72. The van der Waals surface area contributed by atoms with Gasteiger partial charge in [0, 0.05) is 12.3 Å². The van der Waals surface area contributed by atoms with Gasteiger partial charge in [0.15, 0.2) is 9.84 Å². The average Bonchev–Trinajstić information content (AvgIpc) is 2.35. The molecule has 3 unspecified atom stereocenters. The third-order valence-electron chi connectivity index (χ3n) is 5.01. The Bertz CT molecular complexity index is 376. The first kappa shape index (κ1) is 17.0. The van der Waals surface area contributed by atoms with Crippen molar-refractivity contribution in [2.45, 2.75) is 71.1 Å². The van der Waals surface area contributed by atoms with E-state index in [2.05, 4.69) is 33.0 Å². The zero-order valence-electron chi connectivity index (χ0n) is 13.2. The average molecular weight is 289 g/mol. The smallest absolute Gasteiger partial charge is 0.151 e. The monoisotopic (exact) mass is 289 g/mol. The Morgan fingerprint density at radius 2 is 1.84 bits per heavy atom. The lowest BCUT2D eigenvalue weighted by Crippen LogP contribution is -2.49. The van der Waals surface area contributed by atoms with Crippen LogP contribution in [0.3, 0.4) is 0 Å². The Morgan fingerprint density at radius 1 is 1.21 bits per heavy atom. The van der Waals surface area contributed by atoms with Crippen molar-refractivity contribution in [2.24, 2.45) is 11.3 Å². The van der Waals surface area contributed by atoms with Crippen LogP contribution in [0.4, 0.5) is 0 Å². The van der Waals surface area contributed by atoms with Crippen LogP contribution in [0.25, 0.3) is 0 Å². The second kappa shape index (κ2) is 6.57. The van der Waals surface area contributed by atoms with Crippen molar-refractivity contribution in [1.29, 1.82) is 0 Å². The number of hydrogen-bond donors (Lipinski definition) is 1. The lowest BCUT2D eigenvalue weighted by molar-refractivity contribution is 0.139. The van der Waals surface area contributed by atoms with Gasteiger partial charge in [0.05, 0.1) is 5.25 Å². The van der Waals surface area contributed by atoms with E-state index in [9.17, 15) is 8.42 Å². The molecular weight excluding hydrogens is 258 g/mol. The molecule has 0 aliphatic heterocycles. The van der Waals surface area contributed by atoms with E-state index in [1.54, 1.807) is 0 Å². The molecule has 3 atom stereocenters. The fourth-order valence-corrected chi connectivity index (χ4v) is 4.58. The number of rotatable bonds is 6. The normalized spacial score (nSPS) is 29.4. The molecule has 0 radical (unpaired) electrons. The molecule has 1 aliphatic rings. The van der Waals surface area contributed by atoms with E-state index in [-0.39, 0.29) is 16.7 Å². The van der Waals surface area contributed by atoms with Gasteiger partial charge in [0.25, 0.3) is 0 Å². The van der Waals surface area contributed by atoms with Gasteiger partial charge in [-0.05, 0) is 43.6 Å². The highest BCUT2D eigenvalue weighted by molar-refractivity contribution is 7.91. The molecule has 1 fully saturated rings. The van der Waals surface area contributed by atoms with E-state index < -0.39 is 9.84 Å². The summed E-state index contributed by atoms with van der Waals surface area (Å²) in [5.41, 5.74) is 0.249. The third-order valence-corrected chi connectivity index (χ3v) is 6.64. The predicted octanol–water partition coefficient (Wildman–Crippen LogP) is 3.00. The van der Waals surface area contributed by atoms with Crippen molar-refractivity contribution in [3.8, 4) is 0 Å². The minimum Gasteiger partial charge on any atom is -0.313 e. The maximum Gasteiger partial charge on any atom is 0.151 e.